The molecule has 19 heavy (non-hydrogen) atoms. The number of hydrogen-bond acceptors (Lipinski definition) is 3. The number of hydrogen-bond donors (Lipinski definition) is 2. The summed E-state index contributed by atoms with van der Waals surface area (Å²) in [7, 11) is 0. The molecule has 110 valence electrons. The fourth-order valence-electron chi connectivity index (χ4n) is 5.94. The molecule has 3 heteroatoms. The summed E-state index contributed by atoms with van der Waals surface area (Å²) in [5.74, 6) is 0.684. The summed E-state index contributed by atoms with van der Waals surface area (Å²) >= 11 is 0. The van der Waals surface area contributed by atoms with Gasteiger partial charge in [0.05, 0.1) is 5.60 Å². The van der Waals surface area contributed by atoms with Crippen molar-refractivity contribution >= 4 is 0 Å². The van der Waals surface area contributed by atoms with E-state index in [9.17, 15) is 10.2 Å². The van der Waals surface area contributed by atoms with E-state index in [-0.39, 0.29) is 16.9 Å². The Labute approximate surface area is 116 Å². The maximum Gasteiger partial charge on any atom is 0.181 e. The average Bonchev–Trinajstić information content (AvgIpc) is 2.49. The van der Waals surface area contributed by atoms with E-state index in [2.05, 4.69) is 27.7 Å². The van der Waals surface area contributed by atoms with E-state index in [0.29, 0.717) is 11.3 Å². The van der Waals surface area contributed by atoms with Gasteiger partial charge in [-0.05, 0) is 49.4 Å². The quantitative estimate of drug-likeness (QED) is 0.710. The molecule has 1 unspecified atom stereocenters. The molecule has 0 bridgehead atoms. The number of fused-ring (bicyclic) bond motifs is 3. The van der Waals surface area contributed by atoms with E-state index >= 15 is 0 Å². The second kappa shape index (κ2) is 3.96. The SMILES string of the molecule is CC1(C)CCC[C@@]2(C)[C@H]1CC[C@@]1(C)OC(O)[C@H](O)[C@@H]21. The van der Waals surface area contributed by atoms with Crippen LogP contribution in [-0.2, 0) is 4.74 Å². The minimum atomic E-state index is -1.00. The first-order valence-electron chi connectivity index (χ1n) is 7.75. The highest BCUT2D eigenvalue weighted by molar-refractivity contribution is 5.12. The second-order valence-electron chi connectivity index (χ2n) is 8.23. The molecule has 1 saturated heterocycles. The lowest BCUT2D eigenvalue weighted by Gasteiger charge is -2.60. The molecule has 0 aromatic rings. The van der Waals surface area contributed by atoms with Gasteiger partial charge in [-0.3, -0.25) is 0 Å². The van der Waals surface area contributed by atoms with Crippen molar-refractivity contribution in [3.8, 4) is 0 Å². The molecule has 0 amide bonds. The fourth-order valence-corrected chi connectivity index (χ4v) is 5.94. The van der Waals surface area contributed by atoms with Crippen molar-refractivity contribution in [3.05, 3.63) is 0 Å². The van der Waals surface area contributed by atoms with Crippen LogP contribution in [0.25, 0.3) is 0 Å². The Balaban J connectivity index is 2.02. The van der Waals surface area contributed by atoms with Gasteiger partial charge in [0.15, 0.2) is 6.29 Å². The molecule has 2 aliphatic carbocycles. The Morgan fingerprint density at radius 1 is 1.00 bits per heavy atom. The standard InChI is InChI=1S/C16H28O3/c1-14(2)7-5-8-15(3)10(14)6-9-16(4)12(15)11(17)13(18)19-16/h10-13,17-18H,5-9H2,1-4H3/t10-,11+,12-,13?,15-,16+/m0/s1. The molecule has 3 nitrogen and oxygen atoms in total. The maximum atomic E-state index is 10.5. The molecule has 2 saturated carbocycles. The largest absolute Gasteiger partial charge is 0.387 e. The van der Waals surface area contributed by atoms with Crippen molar-refractivity contribution in [1.29, 1.82) is 0 Å². The highest BCUT2D eigenvalue weighted by Gasteiger charge is 2.65. The Bertz CT molecular complexity index is 380. The van der Waals surface area contributed by atoms with Gasteiger partial charge < -0.3 is 14.9 Å². The number of aliphatic hydroxyl groups excluding tert-OH is 2. The molecule has 6 atom stereocenters. The molecular weight excluding hydrogens is 240 g/mol. The molecule has 0 spiro atoms. The lowest BCUT2D eigenvalue weighted by Crippen LogP contribution is -2.58. The zero-order valence-corrected chi connectivity index (χ0v) is 12.6. The Kier molecular flexibility index (Phi) is 2.88. The van der Waals surface area contributed by atoms with Gasteiger partial charge in [0.25, 0.3) is 0 Å². The molecule has 3 aliphatic rings. The molecule has 0 aromatic heterocycles. The maximum absolute atomic E-state index is 10.5. The zero-order chi connectivity index (χ0) is 14.1. The zero-order valence-electron chi connectivity index (χ0n) is 12.6. The van der Waals surface area contributed by atoms with E-state index in [1.54, 1.807) is 0 Å². The summed E-state index contributed by atoms with van der Waals surface area (Å²) in [5.41, 5.74) is 0.0741. The molecule has 3 fully saturated rings. The number of rotatable bonds is 0. The summed E-state index contributed by atoms with van der Waals surface area (Å²) in [5, 5.41) is 20.4. The van der Waals surface area contributed by atoms with Crippen LogP contribution in [0.3, 0.4) is 0 Å². The minimum absolute atomic E-state index is 0.0633. The van der Waals surface area contributed by atoms with Crippen LogP contribution in [0.5, 0.6) is 0 Å². The van der Waals surface area contributed by atoms with E-state index in [0.717, 1.165) is 19.3 Å². The second-order valence-corrected chi connectivity index (χ2v) is 8.23. The van der Waals surface area contributed by atoms with Crippen molar-refractivity contribution < 1.29 is 14.9 Å². The van der Waals surface area contributed by atoms with Crippen LogP contribution in [0.4, 0.5) is 0 Å². The van der Waals surface area contributed by atoms with Gasteiger partial charge in [0, 0.05) is 5.92 Å². The van der Waals surface area contributed by atoms with Gasteiger partial charge in [0.2, 0.25) is 0 Å². The summed E-state index contributed by atoms with van der Waals surface area (Å²) in [6.45, 7) is 9.15. The number of aliphatic hydroxyl groups is 2. The lowest BCUT2D eigenvalue weighted by molar-refractivity contribution is -0.181. The topological polar surface area (TPSA) is 49.7 Å². The minimum Gasteiger partial charge on any atom is -0.387 e. The van der Waals surface area contributed by atoms with Gasteiger partial charge in [-0.2, -0.15) is 0 Å². The first kappa shape index (κ1) is 13.8. The first-order chi connectivity index (χ1) is 8.71. The smallest absolute Gasteiger partial charge is 0.181 e. The fraction of sp³-hybridized carbons (Fsp3) is 1.00. The number of ether oxygens (including phenoxy) is 1. The first-order valence-corrected chi connectivity index (χ1v) is 7.75. The van der Waals surface area contributed by atoms with Crippen molar-refractivity contribution in [2.45, 2.75) is 77.8 Å². The molecule has 2 N–H and O–H groups in total. The summed E-state index contributed by atoms with van der Waals surface area (Å²) in [6, 6.07) is 0. The third-order valence-electron chi connectivity index (χ3n) is 6.60. The van der Waals surface area contributed by atoms with Crippen molar-refractivity contribution in [3.63, 3.8) is 0 Å². The van der Waals surface area contributed by atoms with E-state index < -0.39 is 12.4 Å². The summed E-state index contributed by atoms with van der Waals surface area (Å²) < 4.78 is 5.75. The monoisotopic (exact) mass is 268 g/mol. The Hall–Kier alpha value is -0.120. The third-order valence-corrected chi connectivity index (χ3v) is 6.60. The van der Waals surface area contributed by atoms with Crippen LogP contribution in [0.15, 0.2) is 0 Å². The van der Waals surface area contributed by atoms with E-state index in [1.165, 1.54) is 12.8 Å². The van der Waals surface area contributed by atoms with Crippen LogP contribution in [0, 0.1) is 22.7 Å². The van der Waals surface area contributed by atoms with Crippen LogP contribution in [0.2, 0.25) is 0 Å². The van der Waals surface area contributed by atoms with E-state index in [4.69, 9.17) is 4.74 Å². The van der Waals surface area contributed by atoms with Crippen molar-refractivity contribution in [1.82, 2.24) is 0 Å². The molecule has 1 heterocycles. The van der Waals surface area contributed by atoms with Crippen LogP contribution in [-0.4, -0.2) is 28.2 Å². The normalized spacial score (nSPS) is 56.5. The van der Waals surface area contributed by atoms with Crippen molar-refractivity contribution in [2.24, 2.45) is 22.7 Å². The van der Waals surface area contributed by atoms with Crippen LogP contribution < -0.4 is 0 Å². The van der Waals surface area contributed by atoms with E-state index in [1.807, 2.05) is 0 Å². The van der Waals surface area contributed by atoms with Crippen LogP contribution >= 0.6 is 0 Å². The van der Waals surface area contributed by atoms with Gasteiger partial charge in [-0.25, -0.2) is 0 Å². The molecule has 1 aliphatic heterocycles. The van der Waals surface area contributed by atoms with Crippen molar-refractivity contribution in [2.75, 3.05) is 0 Å². The third kappa shape index (κ3) is 1.74. The Morgan fingerprint density at radius 3 is 2.37 bits per heavy atom. The van der Waals surface area contributed by atoms with Gasteiger partial charge >= 0.3 is 0 Å². The molecular formula is C16H28O3. The highest BCUT2D eigenvalue weighted by atomic mass is 16.6. The predicted molar refractivity (Wildman–Crippen MR) is 73.5 cm³/mol. The summed E-state index contributed by atoms with van der Waals surface area (Å²) in [6.07, 6.45) is 4.01. The van der Waals surface area contributed by atoms with Gasteiger partial charge in [-0.1, -0.05) is 27.2 Å². The average molecular weight is 268 g/mol. The van der Waals surface area contributed by atoms with Gasteiger partial charge in [-0.15, -0.1) is 0 Å². The molecule has 3 rings (SSSR count). The van der Waals surface area contributed by atoms with Crippen LogP contribution in [0.1, 0.15) is 59.8 Å². The molecule has 0 aromatic carbocycles. The Morgan fingerprint density at radius 2 is 1.68 bits per heavy atom. The predicted octanol–water partition coefficient (Wildman–Crippen LogP) is 2.70. The molecule has 0 radical (unpaired) electrons. The highest BCUT2D eigenvalue weighted by Crippen LogP contribution is 2.65. The lowest BCUT2D eigenvalue weighted by atomic mass is 9.45. The van der Waals surface area contributed by atoms with Gasteiger partial charge in [0.1, 0.15) is 6.10 Å². The summed E-state index contributed by atoms with van der Waals surface area (Å²) in [4.78, 5) is 0.